The lowest BCUT2D eigenvalue weighted by atomic mass is 10.2. The minimum atomic E-state index is -0.276. The lowest BCUT2D eigenvalue weighted by Crippen LogP contribution is -2.38. The monoisotopic (exact) mass is 496 g/mol. The number of hydrogen-bond donors (Lipinski definition) is 1. The molecule has 0 aliphatic carbocycles. The van der Waals surface area contributed by atoms with Crippen LogP contribution in [0, 0.1) is 5.82 Å². The molecular weight excluding hydrogens is 478 g/mol. The third kappa shape index (κ3) is 5.41. The Kier molecular flexibility index (Phi) is 7.89. The van der Waals surface area contributed by atoms with Gasteiger partial charge in [-0.25, -0.2) is 9.37 Å². The molecule has 0 saturated heterocycles. The molecule has 0 amide bonds. The van der Waals surface area contributed by atoms with E-state index < -0.39 is 0 Å². The molecular formula is C14H19BrFIN6. The van der Waals surface area contributed by atoms with E-state index >= 15 is 0 Å². The van der Waals surface area contributed by atoms with Crippen LogP contribution in [0.25, 0.3) is 0 Å². The Labute approximate surface area is 160 Å². The van der Waals surface area contributed by atoms with Crippen molar-refractivity contribution in [3.8, 4) is 0 Å². The maximum atomic E-state index is 13.5. The zero-order chi connectivity index (χ0) is 16.1. The number of rotatable bonds is 4. The lowest BCUT2D eigenvalue weighted by Gasteiger charge is -2.21. The average molecular weight is 497 g/mol. The molecule has 0 atom stereocenters. The highest BCUT2D eigenvalue weighted by molar-refractivity contribution is 14.0. The van der Waals surface area contributed by atoms with E-state index in [1.807, 2.05) is 25.1 Å². The number of halogens is 3. The molecule has 6 nitrogen and oxygen atoms in total. The maximum Gasteiger partial charge on any atom is 0.194 e. The first kappa shape index (κ1) is 19.8. The van der Waals surface area contributed by atoms with Crippen molar-refractivity contribution in [2.75, 3.05) is 14.1 Å². The fraction of sp³-hybridized carbons (Fsp3) is 0.357. The van der Waals surface area contributed by atoms with Gasteiger partial charge < -0.3 is 10.2 Å². The number of nitrogens with zero attached hydrogens (tertiary/aromatic N) is 5. The van der Waals surface area contributed by atoms with Crippen LogP contribution in [0.1, 0.15) is 11.4 Å². The molecule has 9 heteroatoms. The summed E-state index contributed by atoms with van der Waals surface area (Å²) in [7, 11) is 5.46. The summed E-state index contributed by atoms with van der Waals surface area (Å²) in [5.41, 5.74) is 0.842. The van der Waals surface area contributed by atoms with Gasteiger partial charge in [0.05, 0.1) is 11.0 Å². The summed E-state index contributed by atoms with van der Waals surface area (Å²) in [6, 6.07) is 5.04. The van der Waals surface area contributed by atoms with Crippen molar-refractivity contribution >= 4 is 45.9 Å². The van der Waals surface area contributed by atoms with E-state index in [1.165, 1.54) is 12.4 Å². The van der Waals surface area contributed by atoms with Gasteiger partial charge in [0, 0.05) is 27.7 Å². The van der Waals surface area contributed by atoms with Crippen molar-refractivity contribution in [3.63, 3.8) is 0 Å². The highest BCUT2D eigenvalue weighted by Crippen LogP contribution is 2.16. The largest absolute Gasteiger partial charge is 0.352 e. The highest BCUT2D eigenvalue weighted by atomic mass is 127. The molecule has 0 radical (unpaired) electrons. The van der Waals surface area contributed by atoms with Crippen LogP contribution in [0.4, 0.5) is 4.39 Å². The van der Waals surface area contributed by atoms with E-state index in [2.05, 4.69) is 36.3 Å². The normalized spacial score (nSPS) is 11.1. The number of aliphatic imine (C=N–C) groups is 1. The standard InChI is InChI=1S/C14H18BrFN6.HI/c1-17-14(21(2)8-13-19-9-20-22(13)3)18-7-10-4-5-11(15)12(16)6-10;/h4-6,9H,7-8H2,1-3H3,(H,17,18);1H. The van der Waals surface area contributed by atoms with Gasteiger partial charge in [0.2, 0.25) is 0 Å². The Balaban J connectivity index is 0.00000264. The van der Waals surface area contributed by atoms with Crippen molar-refractivity contribution in [1.29, 1.82) is 0 Å². The third-order valence-electron chi connectivity index (χ3n) is 3.19. The van der Waals surface area contributed by atoms with E-state index in [1.54, 1.807) is 17.8 Å². The lowest BCUT2D eigenvalue weighted by molar-refractivity contribution is 0.448. The first-order valence-corrected chi connectivity index (χ1v) is 7.49. The summed E-state index contributed by atoms with van der Waals surface area (Å²) in [6.07, 6.45) is 1.52. The van der Waals surface area contributed by atoms with Crippen molar-refractivity contribution in [1.82, 2.24) is 25.0 Å². The van der Waals surface area contributed by atoms with Crippen LogP contribution in [0.5, 0.6) is 0 Å². The van der Waals surface area contributed by atoms with E-state index in [0.717, 1.165) is 11.4 Å². The van der Waals surface area contributed by atoms with Crippen LogP contribution in [-0.2, 0) is 20.1 Å². The number of hydrogen-bond acceptors (Lipinski definition) is 3. The Morgan fingerprint density at radius 3 is 2.78 bits per heavy atom. The summed E-state index contributed by atoms with van der Waals surface area (Å²) in [5.74, 6) is 1.26. The van der Waals surface area contributed by atoms with E-state index in [0.29, 0.717) is 23.5 Å². The van der Waals surface area contributed by atoms with Crippen molar-refractivity contribution in [3.05, 3.63) is 46.2 Å². The Bertz CT molecular complexity index is 675. The third-order valence-corrected chi connectivity index (χ3v) is 3.83. The van der Waals surface area contributed by atoms with Gasteiger partial charge >= 0.3 is 0 Å². The van der Waals surface area contributed by atoms with Gasteiger partial charge in [-0.2, -0.15) is 5.10 Å². The summed E-state index contributed by atoms with van der Waals surface area (Å²) < 4.78 is 15.7. The van der Waals surface area contributed by atoms with Gasteiger partial charge in [-0.15, -0.1) is 24.0 Å². The molecule has 2 aromatic rings. The molecule has 23 heavy (non-hydrogen) atoms. The van der Waals surface area contributed by atoms with Crippen LogP contribution in [0.3, 0.4) is 0 Å². The Morgan fingerprint density at radius 2 is 2.22 bits per heavy atom. The van der Waals surface area contributed by atoms with Crippen molar-refractivity contribution in [2.24, 2.45) is 12.0 Å². The smallest absolute Gasteiger partial charge is 0.194 e. The second kappa shape index (κ2) is 9.16. The quantitative estimate of drug-likeness (QED) is 0.401. The van der Waals surface area contributed by atoms with Crippen LogP contribution in [-0.4, -0.2) is 39.7 Å². The number of benzene rings is 1. The zero-order valence-corrected chi connectivity index (χ0v) is 17.0. The zero-order valence-electron chi connectivity index (χ0n) is 13.1. The predicted molar refractivity (Wildman–Crippen MR) is 102 cm³/mol. The molecule has 0 spiro atoms. The van der Waals surface area contributed by atoms with E-state index in [-0.39, 0.29) is 29.8 Å². The number of nitrogens with one attached hydrogen (secondary N) is 1. The van der Waals surface area contributed by atoms with Crippen LogP contribution in [0.2, 0.25) is 0 Å². The Morgan fingerprint density at radius 1 is 1.48 bits per heavy atom. The maximum absolute atomic E-state index is 13.5. The van der Waals surface area contributed by atoms with E-state index in [9.17, 15) is 4.39 Å². The van der Waals surface area contributed by atoms with Crippen molar-refractivity contribution in [2.45, 2.75) is 13.1 Å². The molecule has 0 fully saturated rings. The second-order valence-corrected chi connectivity index (χ2v) is 5.66. The molecule has 0 unspecified atom stereocenters. The topological polar surface area (TPSA) is 58.3 Å². The predicted octanol–water partition coefficient (Wildman–Crippen LogP) is 2.54. The number of aromatic nitrogens is 3. The molecule has 1 N–H and O–H groups in total. The molecule has 0 aliphatic rings. The Hall–Kier alpha value is -1.23. The van der Waals surface area contributed by atoms with Crippen molar-refractivity contribution < 1.29 is 4.39 Å². The summed E-state index contributed by atoms with van der Waals surface area (Å²) in [5, 5.41) is 7.24. The van der Waals surface area contributed by atoms with Gasteiger partial charge in [-0.1, -0.05) is 6.07 Å². The molecule has 0 bridgehead atoms. The minimum absolute atomic E-state index is 0. The number of aryl methyl sites for hydroxylation is 1. The van der Waals surface area contributed by atoms with Gasteiger partial charge in [0.1, 0.15) is 18.0 Å². The van der Waals surface area contributed by atoms with E-state index in [4.69, 9.17) is 0 Å². The molecule has 1 heterocycles. The van der Waals surface area contributed by atoms with Gasteiger partial charge in [-0.3, -0.25) is 9.67 Å². The summed E-state index contributed by atoms with van der Waals surface area (Å²) in [6.45, 7) is 1.06. The van der Waals surface area contributed by atoms with Crippen LogP contribution >= 0.6 is 39.9 Å². The van der Waals surface area contributed by atoms with Gasteiger partial charge in [0.25, 0.3) is 0 Å². The molecule has 0 aliphatic heterocycles. The number of guanidine groups is 1. The van der Waals surface area contributed by atoms with Crippen LogP contribution < -0.4 is 5.32 Å². The molecule has 1 aromatic carbocycles. The van der Waals surface area contributed by atoms with Gasteiger partial charge in [0.15, 0.2) is 5.96 Å². The molecule has 1 aromatic heterocycles. The fourth-order valence-corrected chi connectivity index (χ4v) is 2.21. The first-order valence-electron chi connectivity index (χ1n) is 6.70. The SMILES string of the molecule is CN=C(NCc1ccc(Br)c(F)c1)N(C)Cc1ncnn1C.I. The highest BCUT2D eigenvalue weighted by Gasteiger charge is 2.10. The first-order chi connectivity index (χ1) is 10.5. The average Bonchev–Trinajstić information content (AvgIpc) is 2.88. The fourth-order valence-electron chi connectivity index (χ4n) is 1.97. The minimum Gasteiger partial charge on any atom is -0.352 e. The molecule has 126 valence electrons. The second-order valence-electron chi connectivity index (χ2n) is 4.81. The van der Waals surface area contributed by atoms with Crippen LogP contribution in [0.15, 0.2) is 34.0 Å². The molecule has 2 rings (SSSR count). The summed E-state index contributed by atoms with van der Waals surface area (Å²) >= 11 is 3.14. The molecule has 0 saturated carbocycles. The summed E-state index contributed by atoms with van der Waals surface area (Å²) in [4.78, 5) is 10.3. The van der Waals surface area contributed by atoms with Gasteiger partial charge in [-0.05, 0) is 33.6 Å².